The van der Waals surface area contributed by atoms with Crippen molar-refractivity contribution in [3.05, 3.63) is 0 Å². The van der Waals surface area contributed by atoms with E-state index in [0.717, 1.165) is 6.42 Å². The van der Waals surface area contributed by atoms with Crippen molar-refractivity contribution in [2.24, 2.45) is 11.8 Å². The standard InChI is InChI=1S/C12H21NO4/c1-5-8-6-13(7-9(8)10(14)15)11(16)17-12(2,3)4/h8-9H,5-7H2,1-4H3,(H,14,15)/t8-,9-/m0/s1. The Morgan fingerprint density at radius 1 is 1.35 bits per heavy atom. The Kier molecular flexibility index (Phi) is 4.01. The van der Waals surface area contributed by atoms with Crippen molar-refractivity contribution in [3.63, 3.8) is 0 Å². The predicted octanol–water partition coefficient (Wildman–Crippen LogP) is 1.96. The molecule has 0 aromatic rings. The van der Waals surface area contributed by atoms with Crippen LogP contribution in [0, 0.1) is 11.8 Å². The molecule has 98 valence electrons. The Morgan fingerprint density at radius 3 is 2.29 bits per heavy atom. The van der Waals surface area contributed by atoms with E-state index in [1.165, 1.54) is 4.90 Å². The van der Waals surface area contributed by atoms with Crippen LogP contribution in [-0.4, -0.2) is 40.8 Å². The quantitative estimate of drug-likeness (QED) is 0.805. The molecule has 0 aromatic heterocycles. The summed E-state index contributed by atoms with van der Waals surface area (Å²) in [5, 5.41) is 9.07. The molecule has 0 spiro atoms. The summed E-state index contributed by atoms with van der Waals surface area (Å²) in [4.78, 5) is 24.3. The molecule has 1 rings (SSSR count). The minimum absolute atomic E-state index is 0.0278. The number of hydrogen-bond donors (Lipinski definition) is 1. The molecule has 0 aliphatic carbocycles. The lowest BCUT2D eigenvalue weighted by atomic mass is 9.94. The Bertz CT molecular complexity index is 308. The topological polar surface area (TPSA) is 66.8 Å². The number of ether oxygens (including phenoxy) is 1. The molecule has 2 atom stereocenters. The first-order valence-corrected chi connectivity index (χ1v) is 5.95. The molecule has 0 saturated carbocycles. The van der Waals surface area contributed by atoms with Gasteiger partial charge in [-0.3, -0.25) is 4.79 Å². The Morgan fingerprint density at radius 2 is 1.94 bits per heavy atom. The minimum Gasteiger partial charge on any atom is -0.481 e. The number of aliphatic carboxylic acids is 1. The van der Waals surface area contributed by atoms with Crippen molar-refractivity contribution in [2.45, 2.75) is 39.7 Å². The summed E-state index contributed by atoms with van der Waals surface area (Å²) in [5.41, 5.74) is -0.542. The van der Waals surface area contributed by atoms with Gasteiger partial charge in [-0.25, -0.2) is 4.79 Å². The largest absolute Gasteiger partial charge is 0.481 e. The third kappa shape index (κ3) is 3.61. The van der Waals surface area contributed by atoms with Gasteiger partial charge in [0.05, 0.1) is 5.92 Å². The minimum atomic E-state index is -0.831. The van der Waals surface area contributed by atoms with Gasteiger partial charge in [-0.2, -0.15) is 0 Å². The number of carboxylic acid groups (broad SMARTS) is 1. The van der Waals surface area contributed by atoms with Crippen LogP contribution in [0.3, 0.4) is 0 Å². The Hall–Kier alpha value is -1.26. The molecular weight excluding hydrogens is 222 g/mol. The second-order valence-electron chi connectivity index (χ2n) is 5.50. The highest BCUT2D eigenvalue weighted by Crippen LogP contribution is 2.27. The molecule has 17 heavy (non-hydrogen) atoms. The highest BCUT2D eigenvalue weighted by atomic mass is 16.6. The van der Waals surface area contributed by atoms with E-state index in [4.69, 9.17) is 9.84 Å². The first-order valence-electron chi connectivity index (χ1n) is 5.95. The molecule has 1 aliphatic rings. The summed E-state index contributed by atoms with van der Waals surface area (Å²) in [7, 11) is 0. The van der Waals surface area contributed by atoms with Gasteiger partial charge in [0.25, 0.3) is 0 Å². The molecule has 1 aliphatic heterocycles. The van der Waals surface area contributed by atoms with Crippen LogP contribution < -0.4 is 0 Å². The van der Waals surface area contributed by atoms with Gasteiger partial charge in [0, 0.05) is 13.1 Å². The van der Waals surface area contributed by atoms with Gasteiger partial charge in [-0.15, -0.1) is 0 Å². The summed E-state index contributed by atoms with van der Waals surface area (Å²) in [5.74, 6) is -1.27. The molecule has 0 radical (unpaired) electrons. The maximum absolute atomic E-state index is 11.8. The van der Waals surface area contributed by atoms with Gasteiger partial charge in [-0.05, 0) is 26.7 Å². The summed E-state index contributed by atoms with van der Waals surface area (Å²) in [6.45, 7) is 8.07. The highest BCUT2D eigenvalue weighted by molar-refractivity contribution is 5.74. The number of rotatable bonds is 2. The maximum atomic E-state index is 11.8. The molecule has 1 fully saturated rings. The van der Waals surface area contributed by atoms with Crippen LogP contribution in [0.2, 0.25) is 0 Å². The third-order valence-corrected chi connectivity index (χ3v) is 2.93. The van der Waals surface area contributed by atoms with Crippen LogP contribution in [-0.2, 0) is 9.53 Å². The van der Waals surface area contributed by atoms with Gasteiger partial charge in [0.15, 0.2) is 0 Å². The zero-order chi connectivity index (χ0) is 13.2. The molecule has 1 N–H and O–H groups in total. The Labute approximate surface area is 102 Å². The van der Waals surface area contributed by atoms with Crippen molar-refractivity contribution in [1.82, 2.24) is 4.90 Å². The van der Waals surface area contributed by atoms with Crippen molar-refractivity contribution >= 4 is 12.1 Å². The number of carbonyl (C=O) groups is 2. The SMILES string of the molecule is CC[C@H]1CN(C(=O)OC(C)(C)C)C[C@@H]1C(=O)O. The second-order valence-corrected chi connectivity index (χ2v) is 5.50. The van der Waals surface area contributed by atoms with Crippen LogP contribution in [0.5, 0.6) is 0 Å². The van der Waals surface area contributed by atoms with Crippen LogP contribution in [0.4, 0.5) is 4.79 Å². The first-order chi connectivity index (χ1) is 7.74. The molecular formula is C12H21NO4. The number of hydrogen-bond acceptors (Lipinski definition) is 3. The van der Waals surface area contributed by atoms with Gasteiger partial charge in [-0.1, -0.05) is 13.3 Å². The van der Waals surface area contributed by atoms with Crippen molar-refractivity contribution < 1.29 is 19.4 Å². The lowest BCUT2D eigenvalue weighted by molar-refractivity contribution is -0.142. The third-order valence-electron chi connectivity index (χ3n) is 2.93. The number of carboxylic acids is 1. The molecule has 1 amide bonds. The molecule has 0 bridgehead atoms. The number of nitrogens with zero attached hydrogens (tertiary/aromatic N) is 1. The van der Waals surface area contributed by atoms with Crippen LogP contribution in [0.1, 0.15) is 34.1 Å². The highest BCUT2D eigenvalue weighted by Gasteiger charge is 2.39. The van der Waals surface area contributed by atoms with Crippen molar-refractivity contribution in [2.75, 3.05) is 13.1 Å². The predicted molar refractivity (Wildman–Crippen MR) is 62.7 cm³/mol. The van der Waals surface area contributed by atoms with E-state index in [-0.39, 0.29) is 12.5 Å². The fraction of sp³-hybridized carbons (Fsp3) is 0.833. The molecule has 1 saturated heterocycles. The van der Waals surface area contributed by atoms with Crippen LogP contribution in [0.25, 0.3) is 0 Å². The lowest BCUT2D eigenvalue weighted by Crippen LogP contribution is -2.35. The molecule has 0 unspecified atom stereocenters. The summed E-state index contributed by atoms with van der Waals surface area (Å²) in [6.07, 6.45) is 0.343. The van der Waals surface area contributed by atoms with Gasteiger partial charge in [0.2, 0.25) is 0 Å². The van der Waals surface area contributed by atoms with E-state index in [1.54, 1.807) is 20.8 Å². The number of likely N-dealkylation sites (tertiary alicyclic amines) is 1. The van der Waals surface area contributed by atoms with Crippen LogP contribution >= 0.6 is 0 Å². The average molecular weight is 243 g/mol. The van der Waals surface area contributed by atoms with Crippen molar-refractivity contribution in [3.8, 4) is 0 Å². The van der Waals surface area contributed by atoms with E-state index in [2.05, 4.69) is 0 Å². The van der Waals surface area contributed by atoms with Gasteiger partial charge in [0.1, 0.15) is 5.60 Å². The maximum Gasteiger partial charge on any atom is 0.410 e. The fourth-order valence-electron chi connectivity index (χ4n) is 2.04. The van der Waals surface area contributed by atoms with E-state index in [0.29, 0.717) is 6.54 Å². The fourth-order valence-corrected chi connectivity index (χ4v) is 2.04. The van der Waals surface area contributed by atoms with E-state index >= 15 is 0 Å². The summed E-state index contributed by atoms with van der Waals surface area (Å²) < 4.78 is 5.24. The summed E-state index contributed by atoms with van der Waals surface area (Å²) >= 11 is 0. The number of amides is 1. The molecule has 0 aromatic carbocycles. The second kappa shape index (κ2) is 4.94. The average Bonchev–Trinajstić information content (AvgIpc) is 2.58. The van der Waals surface area contributed by atoms with Crippen LogP contribution in [0.15, 0.2) is 0 Å². The van der Waals surface area contributed by atoms with Crippen molar-refractivity contribution in [1.29, 1.82) is 0 Å². The Balaban J connectivity index is 2.64. The molecule has 1 heterocycles. The van der Waals surface area contributed by atoms with E-state index in [9.17, 15) is 9.59 Å². The monoisotopic (exact) mass is 243 g/mol. The van der Waals surface area contributed by atoms with E-state index < -0.39 is 23.6 Å². The van der Waals surface area contributed by atoms with Gasteiger partial charge < -0.3 is 14.7 Å². The lowest BCUT2D eigenvalue weighted by Gasteiger charge is -2.24. The summed E-state index contributed by atoms with van der Waals surface area (Å²) in [6, 6.07) is 0. The van der Waals surface area contributed by atoms with E-state index in [1.807, 2.05) is 6.92 Å². The van der Waals surface area contributed by atoms with Gasteiger partial charge >= 0.3 is 12.1 Å². The smallest absolute Gasteiger partial charge is 0.410 e. The molecule has 5 nitrogen and oxygen atoms in total. The normalized spacial score (nSPS) is 24.8. The first kappa shape index (κ1) is 13.8. The zero-order valence-electron chi connectivity index (χ0n) is 10.9. The number of carbonyl (C=O) groups excluding carboxylic acids is 1. The zero-order valence-corrected chi connectivity index (χ0v) is 10.9. The molecule has 5 heteroatoms.